The second kappa shape index (κ2) is 3.71. The lowest BCUT2D eigenvalue weighted by atomic mass is 10.3. The largest absolute Gasteiger partial charge is 0.373 e. The van der Waals surface area contributed by atoms with Gasteiger partial charge in [0.2, 0.25) is 0 Å². The number of hydrogen-bond donors (Lipinski definition) is 1. The summed E-state index contributed by atoms with van der Waals surface area (Å²) in [5.74, 6) is 0.841. The SMILES string of the molecule is C/C=C\c1cc(NC)ncn1. The molecule has 58 valence electrons. The van der Waals surface area contributed by atoms with Crippen LogP contribution in [0.2, 0.25) is 0 Å². The van der Waals surface area contributed by atoms with Crippen LogP contribution in [0.5, 0.6) is 0 Å². The number of allylic oxidation sites excluding steroid dienone is 1. The van der Waals surface area contributed by atoms with Crippen molar-refractivity contribution in [3.63, 3.8) is 0 Å². The Bertz CT molecular complexity index is 255. The van der Waals surface area contributed by atoms with Crippen molar-refractivity contribution in [2.24, 2.45) is 0 Å². The zero-order valence-corrected chi connectivity index (χ0v) is 6.70. The van der Waals surface area contributed by atoms with Gasteiger partial charge in [0.15, 0.2) is 0 Å². The van der Waals surface area contributed by atoms with Crippen molar-refractivity contribution in [2.45, 2.75) is 6.92 Å². The van der Waals surface area contributed by atoms with Gasteiger partial charge in [-0.05, 0) is 13.0 Å². The monoisotopic (exact) mass is 149 g/mol. The lowest BCUT2D eigenvalue weighted by Crippen LogP contribution is -1.93. The summed E-state index contributed by atoms with van der Waals surface area (Å²) in [4.78, 5) is 8.02. The van der Waals surface area contributed by atoms with Gasteiger partial charge in [-0.25, -0.2) is 9.97 Å². The van der Waals surface area contributed by atoms with Gasteiger partial charge in [0.25, 0.3) is 0 Å². The summed E-state index contributed by atoms with van der Waals surface area (Å²) in [6.45, 7) is 1.96. The van der Waals surface area contributed by atoms with Crippen LogP contribution in [0, 0.1) is 0 Å². The summed E-state index contributed by atoms with van der Waals surface area (Å²) in [6.07, 6.45) is 5.42. The van der Waals surface area contributed by atoms with Crippen LogP contribution in [0.3, 0.4) is 0 Å². The third-order valence-electron chi connectivity index (χ3n) is 1.28. The van der Waals surface area contributed by atoms with E-state index in [2.05, 4.69) is 15.3 Å². The molecule has 1 aromatic heterocycles. The van der Waals surface area contributed by atoms with Crippen molar-refractivity contribution >= 4 is 11.9 Å². The first-order valence-corrected chi connectivity index (χ1v) is 3.49. The van der Waals surface area contributed by atoms with Gasteiger partial charge in [-0.3, -0.25) is 0 Å². The second-order valence-corrected chi connectivity index (χ2v) is 2.08. The molecule has 0 aromatic carbocycles. The Morgan fingerprint density at radius 2 is 2.27 bits per heavy atom. The molecule has 3 nitrogen and oxygen atoms in total. The third-order valence-corrected chi connectivity index (χ3v) is 1.28. The molecule has 0 fully saturated rings. The first-order chi connectivity index (χ1) is 5.36. The molecule has 1 heterocycles. The smallest absolute Gasteiger partial charge is 0.129 e. The van der Waals surface area contributed by atoms with E-state index in [4.69, 9.17) is 0 Å². The summed E-state index contributed by atoms with van der Waals surface area (Å²) in [5.41, 5.74) is 0.923. The third kappa shape index (κ3) is 2.04. The van der Waals surface area contributed by atoms with Crippen molar-refractivity contribution in [3.8, 4) is 0 Å². The van der Waals surface area contributed by atoms with Crippen molar-refractivity contribution in [2.75, 3.05) is 12.4 Å². The van der Waals surface area contributed by atoms with Gasteiger partial charge in [-0.15, -0.1) is 0 Å². The van der Waals surface area contributed by atoms with Gasteiger partial charge in [-0.1, -0.05) is 6.08 Å². The molecule has 0 spiro atoms. The van der Waals surface area contributed by atoms with Crippen LogP contribution >= 0.6 is 0 Å². The average Bonchev–Trinajstić information content (AvgIpc) is 2.06. The van der Waals surface area contributed by atoms with Crippen molar-refractivity contribution in [1.29, 1.82) is 0 Å². The highest BCUT2D eigenvalue weighted by molar-refractivity contribution is 5.49. The molecule has 0 saturated heterocycles. The van der Waals surface area contributed by atoms with Crippen LogP contribution in [0.1, 0.15) is 12.6 Å². The van der Waals surface area contributed by atoms with Gasteiger partial charge in [-0.2, -0.15) is 0 Å². The number of hydrogen-bond acceptors (Lipinski definition) is 3. The van der Waals surface area contributed by atoms with Crippen LogP contribution in [0.25, 0.3) is 6.08 Å². The van der Waals surface area contributed by atoms with Gasteiger partial charge >= 0.3 is 0 Å². The van der Waals surface area contributed by atoms with Gasteiger partial charge in [0.1, 0.15) is 12.1 Å². The molecule has 1 rings (SSSR count). The zero-order chi connectivity index (χ0) is 8.10. The molecule has 1 aromatic rings. The minimum absolute atomic E-state index is 0.841. The molecule has 1 N–H and O–H groups in total. The molecule has 0 atom stereocenters. The van der Waals surface area contributed by atoms with Crippen molar-refractivity contribution in [3.05, 3.63) is 24.2 Å². The number of nitrogens with one attached hydrogen (secondary N) is 1. The van der Waals surface area contributed by atoms with E-state index in [1.165, 1.54) is 0 Å². The van der Waals surface area contributed by atoms with E-state index in [-0.39, 0.29) is 0 Å². The molecule has 0 saturated carbocycles. The summed E-state index contributed by atoms with van der Waals surface area (Å²) in [6, 6.07) is 1.89. The Balaban J connectivity index is 2.91. The van der Waals surface area contributed by atoms with E-state index in [1.807, 2.05) is 32.2 Å². The van der Waals surface area contributed by atoms with Crippen LogP contribution in [0.15, 0.2) is 18.5 Å². The Hall–Kier alpha value is -1.38. The molecule has 0 aliphatic heterocycles. The normalized spacial score (nSPS) is 10.4. The predicted octanol–water partition coefficient (Wildman–Crippen LogP) is 1.55. The van der Waals surface area contributed by atoms with E-state index < -0.39 is 0 Å². The summed E-state index contributed by atoms with van der Waals surface area (Å²) in [7, 11) is 1.84. The highest BCUT2D eigenvalue weighted by Gasteiger charge is 1.90. The predicted molar refractivity (Wildman–Crippen MR) is 46.3 cm³/mol. The average molecular weight is 149 g/mol. The van der Waals surface area contributed by atoms with Gasteiger partial charge in [0, 0.05) is 13.1 Å². The van der Waals surface area contributed by atoms with Crippen LogP contribution in [-0.4, -0.2) is 17.0 Å². The highest BCUT2D eigenvalue weighted by Crippen LogP contribution is 2.03. The van der Waals surface area contributed by atoms with E-state index in [0.29, 0.717) is 0 Å². The molecule has 0 aliphatic carbocycles. The maximum Gasteiger partial charge on any atom is 0.129 e. The number of rotatable bonds is 2. The fraction of sp³-hybridized carbons (Fsp3) is 0.250. The first kappa shape index (κ1) is 7.72. The topological polar surface area (TPSA) is 37.8 Å². The second-order valence-electron chi connectivity index (χ2n) is 2.08. The van der Waals surface area contributed by atoms with Gasteiger partial charge < -0.3 is 5.32 Å². The summed E-state index contributed by atoms with van der Waals surface area (Å²) < 4.78 is 0. The quantitative estimate of drug-likeness (QED) is 0.693. The highest BCUT2D eigenvalue weighted by atomic mass is 15.0. The van der Waals surface area contributed by atoms with Gasteiger partial charge in [0.05, 0.1) is 5.69 Å². The number of anilines is 1. The standard InChI is InChI=1S/C8H11N3/c1-3-4-7-5-8(9-2)11-6-10-7/h3-6H,1-2H3,(H,9,10,11)/b4-3-. The van der Waals surface area contributed by atoms with E-state index in [9.17, 15) is 0 Å². The summed E-state index contributed by atoms with van der Waals surface area (Å²) in [5, 5.41) is 2.94. The van der Waals surface area contributed by atoms with E-state index in [1.54, 1.807) is 6.33 Å². The van der Waals surface area contributed by atoms with Crippen molar-refractivity contribution in [1.82, 2.24) is 9.97 Å². The Morgan fingerprint density at radius 3 is 2.91 bits per heavy atom. The van der Waals surface area contributed by atoms with Crippen molar-refractivity contribution < 1.29 is 0 Å². The maximum absolute atomic E-state index is 4.04. The Labute approximate surface area is 66.2 Å². The fourth-order valence-corrected chi connectivity index (χ4v) is 0.771. The minimum Gasteiger partial charge on any atom is -0.373 e. The lowest BCUT2D eigenvalue weighted by Gasteiger charge is -1.97. The molecule has 0 unspecified atom stereocenters. The molecule has 0 radical (unpaired) electrons. The molecule has 3 heteroatoms. The zero-order valence-electron chi connectivity index (χ0n) is 6.70. The molecule has 0 bridgehead atoms. The molecule has 0 aliphatic rings. The Kier molecular flexibility index (Phi) is 2.60. The fourth-order valence-electron chi connectivity index (χ4n) is 0.771. The van der Waals surface area contributed by atoms with E-state index in [0.717, 1.165) is 11.5 Å². The van der Waals surface area contributed by atoms with Crippen LogP contribution in [0.4, 0.5) is 5.82 Å². The number of nitrogens with zero attached hydrogens (tertiary/aromatic N) is 2. The number of aromatic nitrogens is 2. The molecular weight excluding hydrogens is 138 g/mol. The molecular formula is C8H11N3. The lowest BCUT2D eigenvalue weighted by molar-refractivity contribution is 1.14. The molecule has 11 heavy (non-hydrogen) atoms. The Morgan fingerprint density at radius 1 is 1.45 bits per heavy atom. The first-order valence-electron chi connectivity index (χ1n) is 3.49. The maximum atomic E-state index is 4.04. The van der Waals surface area contributed by atoms with E-state index >= 15 is 0 Å². The minimum atomic E-state index is 0.841. The van der Waals surface area contributed by atoms with Crippen LogP contribution < -0.4 is 5.32 Å². The summed E-state index contributed by atoms with van der Waals surface area (Å²) >= 11 is 0. The van der Waals surface area contributed by atoms with Crippen LogP contribution in [-0.2, 0) is 0 Å². The molecule has 0 amide bonds.